The molecule has 2 aromatic rings. The Morgan fingerprint density at radius 2 is 1.92 bits per heavy atom. The first-order valence-corrected chi connectivity index (χ1v) is 8.18. The van der Waals surface area contributed by atoms with Gasteiger partial charge in [-0.1, -0.05) is 35.9 Å². The highest BCUT2D eigenvalue weighted by atomic mass is 35.5. The van der Waals surface area contributed by atoms with E-state index in [0.29, 0.717) is 22.0 Å². The molecular weight excluding hydrogens is 350 g/mol. The number of carbonyl (C=O) groups is 2. The van der Waals surface area contributed by atoms with Gasteiger partial charge >= 0.3 is 0 Å². The van der Waals surface area contributed by atoms with Crippen LogP contribution >= 0.6 is 11.6 Å². The van der Waals surface area contributed by atoms with Crippen molar-refractivity contribution in [2.75, 3.05) is 16.8 Å². The largest absolute Gasteiger partial charge is 0.321 e. The number of hydrogen-bond acceptors (Lipinski definition) is 3. The van der Waals surface area contributed by atoms with Gasteiger partial charge in [-0.15, -0.1) is 6.58 Å². The quantitative estimate of drug-likeness (QED) is 0.510. The highest BCUT2D eigenvalue weighted by Gasteiger charge is 2.35. The maximum Gasteiger partial charge on any atom is 0.267 e. The molecule has 5 nitrogen and oxygen atoms in total. The molecule has 3 rings (SSSR count). The summed E-state index contributed by atoms with van der Waals surface area (Å²) in [5.74, 6) is -1.04. The standard InChI is InChI=1S/C20H14ClN3O2/c1-2-11-24-17-6-4-3-5-15(17)18(20(24)26)16(12-22)19(25)23-14-9-7-13(21)8-10-14/h2-10H,1,11H2,(H,23,25)/b18-16+. The number of anilines is 2. The van der Waals surface area contributed by atoms with Crippen LogP contribution in [0.1, 0.15) is 5.56 Å². The summed E-state index contributed by atoms with van der Waals surface area (Å²) in [5, 5.41) is 12.7. The van der Waals surface area contributed by atoms with Gasteiger partial charge in [0.1, 0.15) is 11.6 Å². The van der Waals surface area contributed by atoms with Gasteiger partial charge in [0.25, 0.3) is 11.8 Å². The third-order valence-electron chi connectivity index (χ3n) is 3.93. The van der Waals surface area contributed by atoms with Crippen LogP contribution in [0.25, 0.3) is 5.57 Å². The molecule has 6 heteroatoms. The molecule has 0 aromatic heterocycles. The second-order valence-corrected chi connectivity index (χ2v) is 5.98. The van der Waals surface area contributed by atoms with Gasteiger partial charge in [0.15, 0.2) is 0 Å². The summed E-state index contributed by atoms with van der Waals surface area (Å²) in [6.45, 7) is 3.94. The lowest BCUT2D eigenvalue weighted by molar-refractivity contribution is -0.114. The Labute approximate surface area is 155 Å². The van der Waals surface area contributed by atoms with Crippen LogP contribution in [0.15, 0.2) is 66.8 Å². The summed E-state index contributed by atoms with van der Waals surface area (Å²) < 4.78 is 0. The molecule has 26 heavy (non-hydrogen) atoms. The number of carbonyl (C=O) groups excluding carboxylic acids is 2. The predicted molar refractivity (Wildman–Crippen MR) is 102 cm³/mol. The number of nitrogens with one attached hydrogen (secondary N) is 1. The first kappa shape index (κ1) is 17.5. The zero-order valence-corrected chi connectivity index (χ0v) is 14.5. The minimum absolute atomic E-state index is 0.0939. The first-order chi connectivity index (χ1) is 12.6. The predicted octanol–water partition coefficient (Wildman–Crippen LogP) is 3.79. The average Bonchev–Trinajstić information content (AvgIpc) is 2.91. The van der Waals surface area contributed by atoms with E-state index in [1.54, 1.807) is 54.6 Å². The minimum atomic E-state index is -0.645. The van der Waals surface area contributed by atoms with E-state index in [-0.39, 0.29) is 17.7 Å². The number of rotatable bonds is 4. The van der Waals surface area contributed by atoms with Crippen LogP contribution in [0.5, 0.6) is 0 Å². The van der Waals surface area contributed by atoms with Crippen molar-refractivity contribution in [3.63, 3.8) is 0 Å². The molecule has 128 valence electrons. The average molecular weight is 364 g/mol. The Bertz CT molecular complexity index is 971. The maximum atomic E-state index is 12.8. The first-order valence-electron chi connectivity index (χ1n) is 7.80. The topological polar surface area (TPSA) is 73.2 Å². The molecule has 0 spiro atoms. The molecule has 0 saturated heterocycles. The number of fused-ring (bicyclic) bond motifs is 1. The van der Waals surface area contributed by atoms with Gasteiger partial charge in [-0.05, 0) is 30.3 Å². The number of hydrogen-bond donors (Lipinski definition) is 1. The van der Waals surface area contributed by atoms with Crippen LogP contribution in [0.3, 0.4) is 0 Å². The van der Waals surface area contributed by atoms with Crippen LogP contribution in [0.4, 0.5) is 11.4 Å². The van der Waals surface area contributed by atoms with Gasteiger partial charge in [-0.25, -0.2) is 0 Å². The van der Waals surface area contributed by atoms with Gasteiger partial charge in [-0.3, -0.25) is 9.59 Å². The summed E-state index contributed by atoms with van der Waals surface area (Å²) >= 11 is 5.83. The van der Waals surface area contributed by atoms with Crippen LogP contribution in [-0.2, 0) is 9.59 Å². The van der Waals surface area contributed by atoms with E-state index in [1.165, 1.54) is 4.90 Å². The SMILES string of the molecule is C=CCN1C(=O)/C(=C(\C#N)C(=O)Nc2ccc(Cl)cc2)c2ccccc21. The molecule has 0 aliphatic carbocycles. The molecule has 0 unspecified atom stereocenters. The molecule has 0 saturated carbocycles. The Hall–Kier alpha value is -3.36. The number of benzene rings is 2. The van der Waals surface area contributed by atoms with Crippen molar-refractivity contribution in [3.05, 3.63) is 77.3 Å². The van der Waals surface area contributed by atoms with E-state index in [1.807, 2.05) is 6.07 Å². The number of halogens is 1. The third-order valence-corrected chi connectivity index (χ3v) is 4.18. The van der Waals surface area contributed by atoms with Gasteiger partial charge in [0.05, 0.1) is 11.3 Å². The van der Waals surface area contributed by atoms with E-state index >= 15 is 0 Å². The zero-order valence-electron chi connectivity index (χ0n) is 13.7. The monoisotopic (exact) mass is 363 g/mol. The van der Waals surface area contributed by atoms with Crippen LogP contribution < -0.4 is 10.2 Å². The lowest BCUT2D eigenvalue weighted by Crippen LogP contribution is -2.27. The molecule has 0 radical (unpaired) electrons. The third kappa shape index (κ3) is 3.10. The second-order valence-electron chi connectivity index (χ2n) is 5.54. The summed E-state index contributed by atoms with van der Waals surface area (Å²) in [4.78, 5) is 26.9. The maximum absolute atomic E-state index is 12.8. The van der Waals surface area contributed by atoms with Crippen molar-refractivity contribution in [1.82, 2.24) is 0 Å². The van der Waals surface area contributed by atoms with Crippen molar-refractivity contribution in [3.8, 4) is 6.07 Å². The van der Waals surface area contributed by atoms with Crippen LogP contribution in [0, 0.1) is 11.3 Å². The van der Waals surface area contributed by atoms with E-state index in [9.17, 15) is 14.9 Å². The fourth-order valence-corrected chi connectivity index (χ4v) is 2.90. The fourth-order valence-electron chi connectivity index (χ4n) is 2.78. The number of para-hydroxylation sites is 1. The molecule has 1 heterocycles. The summed E-state index contributed by atoms with van der Waals surface area (Å²) in [7, 11) is 0. The second kappa shape index (κ2) is 7.26. The molecule has 0 bridgehead atoms. The minimum Gasteiger partial charge on any atom is -0.321 e. The molecule has 1 N–H and O–H groups in total. The van der Waals surface area contributed by atoms with Crippen molar-refractivity contribution in [1.29, 1.82) is 5.26 Å². The summed E-state index contributed by atoms with van der Waals surface area (Å²) in [5.41, 5.74) is 1.55. The van der Waals surface area contributed by atoms with Gasteiger partial charge in [0.2, 0.25) is 0 Å². The summed E-state index contributed by atoms with van der Waals surface area (Å²) in [6, 6.07) is 15.4. The Balaban J connectivity index is 2.04. The van der Waals surface area contributed by atoms with E-state index in [4.69, 9.17) is 11.6 Å². The normalized spacial score (nSPS) is 14.5. The zero-order chi connectivity index (χ0) is 18.7. The van der Waals surface area contributed by atoms with Crippen molar-refractivity contribution in [2.24, 2.45) is 0 Å². The molecule has 0 atom stereocenters. The number of nitriles is 1. The molecule has 1 aliphatic heterocycles. The van der Waals surface area contributed by atoms with E-state index < -0.39 is 11.8 Å². The summed E-state index contributed by atoms with van der Waals surface area (Å²) in [6.07, 6.45) is 1.59. The van der Waals surface area contributed by atoms with Crippen molar-refractivity contribution in [2.45, 2.75) is 0 Å². The molecule has 0 fully saturated rings. The van der Waals surface area contributed by atoms with Crippen molar-refractivity contribution < 1.29 is 9.59 Å². The smallest absolute Gasteiger partial charge is 0.267 e. The van der Waals surface area contributed by atoms with Crippen LogP contribution in [-0.4, -0.2) is 18.4 Å². The van der Waals surface area contributed by atoms with Gasteiger partial charge in [-0.2, -0.15) is 5.26 Å². The Morgan fingerprint density at radius 1 is 1.23 bits per heavy atom. The van der Waals surface area contributed by atoms with E-state index in [2.05, 4.69) is 11.9 Å². The molecule has 2 aromatic carbocycles. The Kier molecular flexibility index (Phi) is 4.87. The van der Waals surface area contributed by atoms with Crippen molar-refractivity contribution >= 4 is 40.4 Å². The highest BCUT2D eigenvalue weighted by Crippen LogP contribution is 2.38. The molecular formula is C20H14ClN3O2. The lowest BCUT2D eigenvalue weighted by Gasteiger charge is -2.14. The fraction of sp³-hybridized carbons (Fsp3) is 0.0500. The van der Waals surface area contributed by atoms with Gasteiger partial charge < -0.3 is 10.2 Å². The number of amides is 2. The Morgan fingerprint density at radius 3 is 2.58 bits per heavy atom. The number of nitrogens with zero attached hydrogens (tertiary/aromatic N) is 2. The van der Waals surface area contributed by atoms with Gasteiger partial charge in [0, 0.05) is 22.8 Å². The van der Waals surface area contributed by atoms with Crippen LogP contribution in [0.2, 0.25) is 5.02 Å². The lowest BCUT2D eigenvalue weighted by atomic mass is 10.0. The molecule has 2 amide bonds. The van der Waals surface area contributed by atoms with E-state index in [0.717, 1.165) is 0 Å². The highest BCUT2D eigenvalue weighted by molar-refractivity contribution is 6.38. The molecule has 1 aliphatic rings.